The zero-order valence-electron chi connectivity index (χ0n) is 25.0. The second-order valence-corrected chi connectivity index (χ2v) is 15.0. The first-order chi connectivity index (χ1) is 21.2. The van der Waals surface area contributed by atoms with Crippen LogP contribution in [0.15, 0.2) is 133 Å². The molecule has 0 amide bonds. The molecule has 0 radical (unpaired) electrons. The Labute approximate surface area is 257 Å². The summed E-state index contributed by atoms with van der Waals surface area (Å²) < 4.78 is 19.8. The molecule has 216 valence electrons. The van der Waals surface area contributed by atoms with Gasteiger partial charge in [0.2, 0.25) is 0 Å². The van der Waals surface area contributed by atoms with Gasteiger partial charge in [0.25, 0.3) is 0 Å². The van der Waals surface area contributed by atoms with Crippen LogP contribution in [0, 0.1) is 0 Å². The molecular weight excluding hydrogens is 563 g/mol. The smallest absolute Gasteiger partial charge is 0.370 e. The van der Waals surface area contributed by atoms with Gasteiger partial charge in [-0.15, -0.1) is 0 Å². The van der Waals surface area contributed by atoms with E-state index in [4.69, 9.17) is 13.3 Å². The van der Waals surface area contributed by atoms with Crippen molar-refractivity contribution in [2.45, 2.75) is 20.8 Å². The highest BCUT2D eigenvalue weighted by molar-refractivity contribution is 7.80. The van der Waals surface area contributed by atoms with E-state index < -0.39 is 16.7 Å². The molecule has 6 aromatic rings. The summed E-state index contributed by atoms with van der Waals surface area (Å²) in [5, 5.41) is 9.70. The van der Waals surface area contributed by atoms with Crippen molar-refractivity contribution in [2.24, 2.45) is 0 Å². The van der Waals surface area contributed by atoms with Crippen LogP contribution in [0.3, 0.4) is 0 Å². The van der Waals surface area contributed by atoms with Crippen LogP contribution >= 0.6 is 7.92 Å². The van der Waals surface area contributed by atoms with Gasteiger partial charge >= 0.3 is 8.80 Å². The fraction of sp³-hybridized carbons (Fsp3) is 0.158. The molecule has 5 heteroatoms. The van der Waals surface area contributed by atoms with Gasteiger partial charge in [-0.1, -0.05) is 133 Å². The Morgan fingerprint density at radius 1 is 0.465 bits per heavy atom. The summed E-state index contributed by atoms with van der Waals surface area (Å²) >= 11 is 0. The third kappa shape index (κ3) is 5.70. The molecule has 6 rings (SSSR count). The lowest BCUT2D eigenvalue weighted by Gasteiger charge is -2.32. The molecule has 0 aliphatic carbocycles. The van der Waals surface area contributed by atoms with Crippen molar-refractivity contribution in [1.82, 2.24) is 0 Å². The van der Waals surface area contributed by atoms with Crippen molar-refractivity contribution in [3.63, 3.8) is 0 Å². The predicted octanol–water partition coefficient (Wildman–Crippen LogP) is 7.67. The van der Waals surface area contributed by atoms with Gasteiger partial charge in [-0.25, -0.2) is 0 Å². The van der Waals surface area contributed by atoms with Crippen LogP contribution in [0.5, 0.6) is 0 Å². The Morgan fingerprint density at radius 2 is 0.907 bits per heavy atom. The van der Waals surface area contributed by atoms with E-state index in [9.17, 15) is 0 Å². The van der Waals surface area contributed by atoms with Crippen LogP contribution in [-0.4, -0.2) is 28.6 Å². The number of fused-ring (bicyclic) bond motifs is 2. The first-order valence-corrected chi connectivity index (χ1v) is 18.1. The fourth-order valence-corrected chi connectivity index (χ4v) is 11.2. The van der Waals surface area contributed by atoms with E-state index in [-0.39, 0.29) is 0 Å². The zero-order valence-corrected chi connectivity index (χ0v) is 26.9. The SMILES string of the molecule is CCO[Si](OCC)(OCC)c1ccc2ccccc2c1-c1c(P(c2ccccc2)c2ccccc2)ccc2ccccc12. The Kier molecular flexibility index (Phi) is 9.13. The van der Waals surface area contributed by atoms with Gasteiger partial charge < -0.3 is 13.3 Å². The molecule has 0 N–H and O–H groups in total. The molecule has 3 nitrogen and oxygen atoms in total. The highest BCUT2D eigenvalue weighted by Crippen LogP contribution is 2.42. The lowest BCUT2D eigenvalue weighted by atomic mass is 9.93. The van der Waals surface area contributed by atoms with Crippen LogP contribution in [0.25, 0.3) is 32.7 Å². The molecule has 0 heterocycles. The van der Waals surface area contributed by atoms with Crippen molar-refractivity contribution in [1.29, 1.82) is 0 Å². The highest BCUT2D eigenvalue weighted by Gasteiger charge is 2.46. The van der Waals surface area contributed by atoms with Gasteiger partial charge in [0.15, 0.2) is 0 Å². The van der Waals surface area contributed by atoms with Gasteiger partial charge in [0, 0.05) is 25.0 Å². The molecule has 0 aromatic heterocycles. The Morgan fingerprint density at radius 3 is 1.42 bits per heavy atom. The molecule has 0 aliphatic heterocycles. The van der Waals surface area contributed by atoms with Crippen LogP contribution in [0.4, 0.5) is 0 Å². The van der Waals surface area contributed by atoms with Crippen LogP contribution < -0.4 is 21.1 Å². The van der Waals surface area contributed by atoms with Crippen molar-refractivity contribution < 1.29 is 13.3 Å². The summed E-state index contributed by atoms with van der Waals surface area (Å²) in [6.07, 6.45) is 0. The van der Waals surface area contributed by atoms with Crippen LogP contribution in [0.1, 0.15) is 20.8 Å². The molecule has 0 saturated heterocycles. The molecule has 0 atom stereocenters. The maximum atomic E-state index is 6.59. The number of hydrogen-bond donors (Lipinski definition) is 0. The predicted molar refractivity (Wildman–Crippen MR) is 186 cm³/mol. The summed E-state index contributed by atoms with van der Waals surface area (Å²) in [4.78, 5) is 0. The summed E-state index contributed by atoms with van der Waals surface area (Å²) in [6, 6.07) is 48.2. The van der Waals surface area contributed by atoms with Crippen molar-refractivity contribution in [2.75, 3.05) is 19.8 Å². The molecular formula is C38H37O3PSi. The lowest BCUT2D eigenvalue weighted by Crippen LogP contribution is -2.57. The van der Waals surface area contributed by atoms with E-state index in [0.717, 1.165) is 10.8 Å². The first-order valence-electron chi connectivity index (χ1n) is 15.1. The maximum absolute atomic E-state index is 6.59. The van der Waals surface area contributed by atoms with E-state index >= 15 is 0 Å². The number of benzene rings is 6. The van der Waals surface area contributed by atoms with Crippen molar-refractivity contribution in [3.8, 4) is 11.1 Å². The zero-order chi connectivity index (χ0) is 29.6. The molecule has 0 aliphatic rings. The van der Waals surface area contributed by atoms with E-state index in [0.29, 0.717) is 19.8 Å². The number of hydrogen-bond acceptors (Lipinski definition) is 3. The van der Waals surface area contributed by atoms with Crippen LogP contribution in [-0.2, 0) is 13.3 Å². The third-order valence-corrected chi connectivity index (χ3v) is 13.3. The molecule has 0 saturated carbocycles. The van der Waals surface area contributed by atoms with Gasteiger partial charge in [0.1, 0.15) is 0 Å². The standard InChI is InChI=1S/C38H37O3PSi/c1-4-39-43(40-5-2,41-6-3)36-28-26-30-18-14-16-24-34(30)38(36)37-33-23-15-13-17-29(33)25-27-35(37)42(31-19-9-7-10-20-31)32-21-11-8-12-22-32/h7-28H,4-6H2,1-3H3. The minimum Gasteiger partial charge on any atom is -0.370 e. The molecule has 0 unspecified atom stereocenters. The average molecular weight is 601 g/mol. The highest BCUT2D eigenvalue weighted by atomic mass is 31.1. The second kappa shape index (κ2) is 13.3. The van der Waals surface area contributed by atoms with Crippen LogP contribution in [0.2, 0.25) is 0 Å². The van der Waals surface area contributed by atoms with E-state index in [1.165, 1.54) is 43.0 Å². The first kappa shape index (κ1) is 29.4. The Hall–Kier alpha value is -3.63. The molecule has 6 aromatic carbocycles. The normalized spacial score (nSPS) is 11.9. The van der Waals surface area contributed by atoms with E-state index in [2.05, 4.69) is 133 Å². The van der Waals surface area contributed by atoms with Gasteiger partial charge in [-0.3, -0.25) is 0 Å². The quantitative estimate of drug-likeness (QED) is 0.113. The van der Waals surface area contributed by atoms with Crippen molar-refractivity contribution in [3.05, 3.63) is 133 Å². The van der Waals surface area contributed by atoms with Gasteiger partial charge in [0.05, 0.1) is 0 Å². The largest absolute Gasteiger partial charge is 0.537 e. The van der Waals surface area contributed by atoms with E-state index in [1.54, 1.807) is 0 Å². The minimum absolute atomic E-state index is 0.502. The molecule has 43 heavy (non-hydrogen) atoms. The summed E-state index contributed by atoms with van der Waals surface area (Å²) in [6.45, 7) is 7.57. The van der Waals surface area contributed by atoms with Gasteiger partial charge in [-0.05, 0) is 77.3 Å². The fourth-order valence-electron chi connectivity index (χ4n) is 6.01. The number of rotatable bonds is 11. The average Bonchev–Trinajstić information content (AvgIpc) is 3.06. The maximum Gasteiger partial charge on any atom is 0.537 e. The molecule has 0 bridgehead atoms. The Bertz CT molecular complexity index is 1770. The minimum atomic E-state index is -3.31. The third-order valence-electron chi connectivity index (χ3n) is 7.69. The topological polar surface area (TPSA) is 27.7 Å². The summed E-state index contributed by atoms with van der Waals surface area (Å²) in [7, 11) is -4.21. The monoisotopic (exact) mass is 600 g/mol. The Balaban J connectivity index is 1.79. The van der Waals surface area contributed by atoms with Gasteiger partial charge in [-0.2, -0.15) is 0 Å². The summed E-state index contributed by atoms with van der Waals surface area (Å²) in [5.41, 5.74) is 2.37. The van der Waals surface area contributed by atoms with E-state index in [1.807, 2.05) is 20.8 Å². The molecule has 0 fully saturated rings. The summed E-state index contributed by atoms with van der Waals surface area (Å²) in [5.74, 6) is 0. The lowest BCUT2D eigenvalue weighted by molar-refractivity contribution is 0.0860. The molecule has 0 spiro atoms. The second-order valence-electron chi connectivity index (χ2n) is 10.3. The van der Waals surface area contributed by atoms with Crippen molar-refractivity contribution >= 4 is 59.4 Å².